The fraction of sp³-hybridized carbons (Fsp3) is 0.0909. The number of carbonyl (C=O) groups is 1. The summed E-state index contributed by atoms with van der Waals surface area (Å²) < 4.78 is 2.09. The molecule has 26 heavy (non-hydrogen) atoms. The first kappa shape index (κ1) is 16.1. The largest absolute Gasteiger partial charge is 0.346 e. The van der Waals surface area contributed by atoms with Crippen LogP contribution >= 0.6 is 0 Å². The molecule has 0 aliphatic heterocycles. The van der Waals surface area contributed by atoms with Gasteiger partial charge in [0.1, 0.15) is 0 Å². The Kier molecular flexibility index (Phi) is 4.48. The molecule has 0 saturated carbocycles. The molecule has 0 saturated heterocycles. The molecule has 2 aromatic carbocycles. The summed E-state index contributed by atoms with van der Waals surface area (Å²) in [6.45, 7) is 0. The van der Waals surface area contributed by atoms with Crippen LogP contribution in [0.3, 0.4) is 0 Å². The van der Waals surface area contributed by atoms with Gasteiger partial charge in [-0.15, -0.1) is 0 Å². The van der Waals surface area contributed by atoms with E-state index in [1.807, 2.05) is 54.9 Å². The van der Waals surface area contributed by atoms with Gasteiger partial charge in [0.25, 0.3) is 0 Å². The summed E-state index contributed by atoms with van der Waals surface area (Å²) in [4.78, 5) is 16.7. The molecular formula is C22H19N3O. The molecule has 4 aromatic rings. The van der Waals surface area contributed by atoms with Crippen molar-refractivity contribution in [3.05, 3.63) is 97.1 Å². The molecule has 1 amide bonds. The highest BCUT2D eigenvalue weighted by Crippen LogP contribution is 2.29. The summed E-state index contributed by atoms with van der Waals surface area (Å²) in [5.41, 5.74) is 1.85. The van der Waals surface area contributed by atoms with Crippen LogP contribution in [0, 0.1) is 0 Å². The van der Waals surface area contributed by atoms with Crippen LogP contribution in [0.1, 0.15) is 18.0 Å². The van der Waals surface area contributed by atoms with E-state index in [2.05, 4.69) is 39.1 Å². The van der Waals surface area contributed by atoms with E-state index in [4.69, 9.17) is 0 Å². The standard InChI is InChI=1S/C22H19N3O/c26-22(24-18-9-6-12-23-16-18)15-21(25-13-3-4-14-25)20-11-5-8-17-7-1-2-10-19(17)20/h1-14,16,21H,15H2,(H,24,26)/t21-/m0/s1. The zero-order valence-corrected chi connectivity index (χ0v) is 14.2. The number of hydrogen-bond acceptors (Lipinski definition) is 2. The Morgan fingerprint density at radius 3 is 2.58 bits per heavy atom. The van der Waals surface area contributed by atoms with Gasteiger partial charge in [-0.25, -0.2) is 0 Å². The minimum absolute atomic E-state index is 0.0374. The van der Waals surface area contributed by atoms with Crippen molar-refractivity contribution in [3.8, 4) is 0 Å². The van der Waals surface area contributed by atoms with Gasteiger partial charge < -0.3 is 9.88 Å². The van der Waals surface area contributed by atoms with Crippen LogP contribution in [0.2, 0.25) is 0 Å². The van der Waals surface area contributed by atoms with E-state index in [1.165, 1.54) is 10.8 Å². The van der Waals surface area contributed by atoms with Crippen LogP contribution in [0.15, 0.2) is 91.5 Å². The number of anilines is 1. The van der Waals surface area contributed by atoms with E-state index >= 15 is 0 Å². The van der Waals surface area contributed by atoms with Crippen LogP contribution < -0.4 is 5.32 Å². The fourth-order valence-electron chi connectivity index (χ4n) is 3.30. The highest BCUT2D eigenvalue weighted by atomic mass is 16.1. The normalized spacial score (nSPS) is 12.0. The number of amides is 1. The number of pyridine rings is 1. The lowest BCUT2D eigenvalue weighted by Gasteiger charge is -2.21. The van der Waals surface area contributed by atoms with E-state index in [9.17, 15) is 4.79 Å². The maximum atomic E-state index is 12.7. The number of fused-ring (bicyclic) bond motifs is 1. The van der Waals surface area contributed by atoms with Gasteiger partial charge in [0.15, 0.2) is 0 Å². The number of aromatic nitrogens is 2. The first-order valence-corrected chi connectivity index (χ1v) is 8.61. The lowest BCUT2D eigenvalue weighted by Crippen LogP contribution is -2.20. The molecule has 0 aliphatic rings. The Bertz CT molecular complexity index is 1000. The van der Waals surface area contributed by atoms with E-state index < -0.39 is 0 Å². The molecule has 4 heteroatoms. The molecule has 0 fully saturated rings. The average molecular weight is 341 g/mol. The van der Waals surface area contributed by atoms with Crippen molar-refractivity contribution >= 4 is 22.4 Å². The fourth-order valence-corrected chi connectivity index (χ4v) is 3.30. The van der Waals surface area contributed by atoms with Gasteiger partial charge in [0, 0.05) is 18.6 Å². The van der Waals surface area contributed by atoms with Crippen LogP contribution in [0.5, 0.6) is 0 Å². The second kappa shape index (κ2) is 7.23. The Balaban J connectivity index is 1.68. The van der Waals surface area contributed by atoms with Crippen molar-refractivity contribution in [1.29, 1.82) is 0 Å². The first-order chi connectivity index (χ1) is 12.8. The van der Waals surface area contributed by atoms with Gasteiger partial charge in [-0.2, -0.15) is 0 Å². The molecule has 1 atom stereocenters. The van der Waals surface area contributed by atoms with Gasteiger partial charge in [-0.3, -0.25) is 9.78 Å². The second-order valence-corrected chi connectivity index (χ2v) is 6.21. The van der Waals surface area contributed by atoms with Crippen LogP contribution in [0.4, 0.5) is 5.69 Å². The van der Waals surface area contributed by atoms with Crippen LogP contribution in [0.25, 0.3) is 10.8 Å². The van der Waals surface area contributed by atoms with Crippen molar-refractivity contribution in [2.75, 3.05) is 5.32 Å². The van der Waals surface area contributed by atoms with Crippen molar-refractivity contribution in [3.63, 3.8) is 0 Å². The number of nitrogens with one attached hydrogen (secondary N) is 1. The van der Waals surface area contributed by atoms with Gasteiger partial charge in [0.05, 0.1) is 24.3 Å². The monoisotopic (exact) mass is 341 g/mol. The topological polar surface area (TPSA) is 46.9 Å². The molecule has 4 rings (SSSR count). The molecule has 0 spiro atoms. The second-order valence-electron chi connectivity index (χ2n) is 6.21. The highest BCUT2D eigenvalue weighted by molar-refractivity contribution is 5.92. The number of hydrogen-bond donors (Lipinski definition) is 1. The Labute approximate surface area is 152 Å². The average Bonchev–Trinajstić information content (AvgIpc) is 3.21. The maximum absolute atomic E-state index is 12.7. The Hall–Kier alpha value is -3.40. The molecule has 128 valence electrons. The highest BCUT2D eigenvalue weighted by Gasteiger charge is 2.19. The number of carbonyl (C=O) groups excluding carboxylic acids is 1. The molecule has 0 unspecified atom stereocenters. The summed E-state index contributed by atoms with van der Waals surface area (Å²) in [5, 5.41) is 5.28. The third kappa shape index (κ3) is 3.35. The zero-order valence-electron chi connectivity index (χ0n) is 14.2. The number of benzene rings is 2. The minimum Gasteiger partial charge on any atom is -0.346 e. The van der Waals surface area contributed by atoms with Crippen molar-refractivity contribution in [2.45, 2.75) is 12.5 Å². The summed E-state index contributed by atoms with van der Waals surface area (Å²) >= 11 is 0. The first-order valence-electron chi connectivity index (χ1n) is 8.61. The Morgan fingerprint density at radius 2 is 1.77 bits per heavy atom. The van der Waals surface area contributed by atoms with Crippen LogP contribution in [-0.4, -0.2) is 15.5 Å². The van der Waals surface area contributed by atoms with E-state index in [-0.39, 0.29) is 11.9 Å². The summed E-state index contributed by atoms with van der Waals surface area (Å²) in [6, 6.07) is 22.1. The molecule has 1 N–H and O–H groups in total. The van der Waals surface area contributed by atoms with E-state index in [0.717, 1.165) is 5.56 Å². The third-order valence-electron chi connectivity index (χ3n) is 4.49. The predicted octanol–water partition coefficient (Wildman–Crippen LogP) is 4.65. The van der Waals surface area contributed by atoms with Crippen LogP contribution in [-0.2, 0) is 4.79 Å². The third-order valence-corrected chi connectivity index (χ3v) is 4.49. The SMILES string of the molecule is O=C(C[C@@H](c1cccc2ccccc12)n1cccc1)Nc1cccnc1. The predicted molar refractivity (Wildman–Crippen MR) is 104 cm³/mol. The molecule has 2 aromatic heterocycles. The number of rotatable bonds is 5. The van der Waals surface area contributed by atoms with Gasteiger partial charge >= 0.3 is 0 Å². The maximum Gasteiger partial charge on any atom is 0.226 e. The quantitative estimate of drug-likeness (QED) is 0.574. The number of nitrogens with zero attached hydrogens (tertiary/aromatic N) is 2. The summed E-state index contributed by atoms with van der Waals surface area (Å²) in [6.07, 6.45) is 7.69. The van der Waals surface area contributed by atoms with E-state index in [1.54, 1.807) is 12.4 Å². The molecule has 0 radical (unpaired) electrons. The van der Waals surface area contributed by atoms with Crippen molar-refractivity contribution < 1.29 is 4.79 Å². The lowest BCUT2D eigenvalue weighted by molar-refractivity contribution is -0.116. The summed E-state index contributed by atoms with van der Waals surface area (Å²) in [7, 11) is 0. The van der Waals surface area contributed by atoms with Gasteiger partial charge in [0.2, 0.25) is 5.91 Å². The smallest absolute Gasteiger partial charge is 0.226 e. The molecule has 0 aliphatic carbocycles. The molecule has 2 heterocycles. The van der Waals surface area contributed by atoms with E-state index in [0.29, 0.717) is 12.1 Å². The lowest BCUT2D eigenvalue weighted by atomic mass is 9.96. The molecule has 4 nitrogen and oxygen atoms in total. The molecular weight excluding hydrogens is 322 g/mol. The summed E-state index contributed by atoms with van der Waals surface area (Å²) in [5.74, 6) is -0.0374. The van der Waals surface area contributed by atoms with Crippen molar-refractivity contribution in [2.24, 2.45) is 0 Å². The minimum atomic E-state index is -0.0761. The Morgan fingerprint density at radius 1 is 0.962 bits per heavy atom. The van der Waals surface area contributed by atoms with Gasteiger partial charge in [-0.05, 0) is 40.6 Å². The zero-order chi connectivity index (χ0) is 17.8. The van der Waals surface area contributed by atoms with Crippen molar-refractivity contribution in [1.82, 2.24) is 9.55 Å². The molecule has 0 bridgehead atoms. The van der Waals surface area contributed by atoms with Gasteiger partial charge in [-0.1, -0.05) is 42.5 Å².